The number of carbonyl (C=O) groups is 1. The van der Waals surface area contributed by atoms with Crippen molar-refractivity contribution in [3.05, 3.63) is 12.0 Å². The van der Waals surface area contributed by atoms with Gasteiger partial charge in [0, 0.05) is 0 Å². The molecule has 0 rings (SSSR count). The lowest BCUT2D eigenvalue weighted by atomic mass is 10.5. The van der Waals surface area contributed by atoms with Crippen molar-refractivity contribution in [3.8, 4) is 0 Å². The van der Waals surface area contributed by atoms with Gasteiger partial charge in [-0.1, -0.05) is 6.92 Å². The number of nitrogens with two attached hydrogens (primary N) is 1. The molecule has 4 heteroatoms. The fraction of sp³-hybridized carbons (Fsp3) is 0.625. The smallest absolute Gasteiger partial charge is 0.336 e. The maximum atomic E-state index is 10.8. The molecule has 0 saturated heterocycles. The summed E-state index contributed by atoms with van der Waals surface area (Å²) in [5.74, 6) is -0.360. The molecule has 4 nitrogen and oxygen atoms in total. The van der Waals surface area contributed by atoms with Gasteiger partial charge in [0.1, 0.15) is 0 Å². The average Bonchev–Trinajstić information content (AvgIpc) is 2.01. The monoisotopic (exact) mass is 173 g/mol. The van der Waals surface area contributed by atoms with Gasteiger partial charge in [-0.15, -0.1) is 0 Å². The van der Waals surface area contributed by atoms with E-state index >= 15 is 0 Å². The highest BCUT2D eigenvalue weighted by Crippen LogP contribution is 1.91. The van der Waals surface area contributed by atoms with Crippen LogP contribution in [0.5, 0.6) is 0 Å². The summed E-state index contributed by atoms with van der Waals surface area (Å²) in [4.78, 5) is 10.8. The van der Waals surface area contributed by atoms with Gasteiger partial charge in [-0.2, -0.15) is 0 Å². The highest BCUT2D eigenvalue weighted by Gasteiger charge is 1.98. The molecule has 0 aromatic heterocycles. The van der Waals surface area contributed by atoms with Crippen molar-refractivity contribution in [1.82, 2.24) is 0 Å². The first kappa shape index (κ1) is 10.8. The lowest BCUT2D eigenvalue weighted by Crippen LogP contribution is -2.08. The van der Waals surface area contributed by atoms with E-state index < -0.39 is 5.97 Å². The second kappa shape index (κ2) is 6.52. The van der Waals surface area contributed by atoms with Crippen LogP contribution >= 0.6 is 0 Å². The number of hydrogen-bond donors (Lipinski definition) is 1. The molecule has 0 bridgehead atoms. The molecule has 0 spiro atoms. The van der Waals surface area contributed by atoms with E-state index in [0.717, 1.165) is 12.5 Å². The van der Waals surface area contributed by atoms with Gasteiger partial charge in [0.15, 0.2) is 5.88 Å². The van der Waals surface area contributed by atoms with Gasteiger partial charge in [-0.25, -0.2) is 4.79 Å². The first-order chi connectivity index (χ1) is 5.70. The molecule has 0 aromatic carbocycles. The van der Waals surface area contributed by atoms with Crippen LogP contribution in [-0.2, 0) is 14.3 Å². The van der Waals surface area contributed by atoms with Crippen molar-refractivity contribution in [2.75, 3.05) is 13.2 Å². The van der Waals surface area contributed by atoms with Crippen LogP contribution in [-0.4, -0.2) is 19.2 Å². The maximum Gasteiger partial charge on any atom is 0.336 e. The molecule has 2 N–H and O–H groups in total. The summed E-state index contributed by atoms with van der Waals surface area (Å²) in [5.41, 5.74) is 5.33. The zero-order valence-electron chi connectivity index (χ0n) is 7.50. The minimum atomic E-state index is -0.467. The third kappa shape index (κ3) is 5.58. The Bertz CT molecular complexity index is 166. The molecule has 0 saturated carbocycles. The van der Waals surface area contributed by atoms with Crippen LogP contribution in [0.2, 0.25) is 0 Å². The SMILES string of the molecule is CCCO/C(N)=C\C(=O)OCC. The Labute approximate surface area is 72.3 Å². The molecule has 0 radical (unpaired) electrons. The lowest BCUT2D eigenvalue weighted by Gasteiger charge is -2.02. The molecule has 0 aliphatic carbocycles. The van der Waals surface area contributed by atoms with Crippen LogP contribution in [0.4, 0.5) is 0 Å². The summed E-state index contributed by atoms with van der Waals surface area (Å²) in [6.45, 7) is 4.55. The molecular weight excluding hydrogens is 158 g/mol. The van der Waals surface area contributed by atoms with Crippen LogP contribution in [0, 0.1) is 0 Å². The topological polar surface area (TPSA) is 61.5 Å². The van der Waals surface area contributed by atoms with Gasteiger partial charge in [0.05, 0.1) is 19.3 Å². The molecule has 70 valence electrons. The highest BCUT2D eigenvalue weighted by molar-refractivity contribution is 5.82. The first-order valence-electron chi connectivity index (χ1n) is 3.97. The van der Waals surface area contributed by atoms with Gasteiger partial charge in [0.2, 0.25) is 0 Å². The van der Waals surface area contributed by atoms with E-state index in [1.165, 1.54) is 0 Å². The predicted molar refractivity (Wildman–Crippen MR) is 45.1 cm³/mol. The molecule has 0 unspecified atom stereocenters. The largest absolute Gasteiger partial charge is 0.479 e. The number of hydrogen-bond acceptors (Lipinski definition) is 4. The Kier molecular flexibility index (Phi) is 5.87. The molecule has 0 fully saturated rings. The summed E-state index contributed by atoms with van der Waals surface area (Å²) >= 11 is 0. The minimum absolute atomic E-state index is 0.107. The van der Waals surface area contributed by atoms with Crippen molar-refractivity contribution >= 4 is 5.97 Å². The Hall–Kier alpha value is -1.19. The molecular formula is C8H15NO3. The van der Waals surface area contributed by atoms with Crippen molar-refractivity contribution < 1.29 is 14.3 Å². The third-order valence-corrected chi connectivity index (χ3v) is 1.02. The Balaban J connectivity index is 3.72. The van der Waals surface area contributed by atoms with E-state index in [1.54, 1.807) is 6.92 Å². The normalized spacial score (nSPS) is 11.0. The summed E-state index contributed by atoms with van der Waals surface area (Å²) in [6.07, 6.45) is 2.00. The van der Waals surface area contributed by atoms with Crippen molar-refractivity contribution in [2.24, 2.45) is 5.73 Å². The van der Waals surface area contributed by atoms with Gasteiger partial charge >= 0.3 is 5.97 Å². The summed E-state index contributed by atoms with van der Waals surface area (Å²) in [6, 6.07) is 0. The van der Waals surface area contributed by atoms with E-state index in [4.69, 9.17) is 10.5 Å². The van der Waals surface area contributed by atoms with Crippen LogP contribution in [0.15, 0.2) is 12.0 Å². The molecule has 0 atom stereocenters. The first-order valence-corrected chi connectivity index (χ1v) is 3.97. The molecule has 0 aromatic rings. The average molecular weight is 173 g/mol. The number of esters is 1. The van der Waals surface area contributed by atoms with Gasteiger partial charge in [-0.05, 0) is 13.3 Å². The molecule has 0 aliphatic rings. The van der Waals surface area contributed by atoms with Gasteiger partial charge in [0.25, 0.3) is 0 Å². The van der Waals surface area contributed by atoms with Crippen molar-refractivity contribution in [2.45, 2.75) is 20.3 Å². The zero-order valence-corrected chi connectivity index (χ0v) is 7.50. The summed E-state index contributed by atoms with van der Waals surface area (Å²) in [5, 5.41) is 0. The number of carbonyl (C=O) groups excluding carboxylic acids is 1. The highest BCUT2D eigenvalue weighted by atomic mass is 16.5. The fourth-order valence-corrected chi connectivity index (χ4v) is 0.562. The zero-order chi connectivity index (χ0) is 9.40. The Morgan fingerprint density at radius 3 is 2.58 bits per heavy atom. The second-order valence-corrected chi connectivity index (χ2v) is 2.15. The van der Waals surface area contributed by atoms with Crippen molar-refractivity contribution in [3.63, 3.8) is 0 Å². The number of ether oxygens (including phenoxy) is 2. The summed E-state index contributed by atoms with van der Waals surface area (Å²) in [7, 11) is 0. The molecule has 12 heavy (non-hydrogen) atoms. The number of rotatable bonds is 5. The van der Waals surface area contributed by atoms with Gasteiger partial charge in [-0.3, -0.25) is 0 Å². The van der Waals surface area contributed by atoms with E-state index in [9.17, 15) is 4.79 Å². The van der Waals surface area contributed by atoms with Crippen LogP contribution in [0.3, 0.4) is 0 Å². The van der Waals surface area contributed by atoms with Crippen LogP contribution in [0.1, 0.15) is 20.3 Å². The van der Waals surface area contributed by atoms with E-state index in [-0.39, 0.29) is 5.88 Å². The lowest BCUT2D eigenvalue weighted by molar-refractivity contribution is -0.137. The Morgan fingerprint density at radius 2 is 2.08 bits per heavy atom. The van der Waals surface area contributed by atoms with Crippen LogP contribution in [0.25, 0.3) is 0 Å². The van der Waals surface area contributed by atoms with E-state index in [1.807, 2.05) is 6.92 Å². The molecule has 0 heterocycles. The van der Waals surface area contributed by atoms with Gasteiger partial charge < -0.3 is 15.2 Å². The van der Waals surface area contributed by atoms with Crippen LogP contribution < -0.4 is 5.73 Å². The standard InChI is InChI=1S/C8H15NO3/c1-3-5-12-7(9)6-8(10)11-4-2/h6H,3-5,9H2,1-2H3/b7-6-. The fourth-order valence-electron chi connectivity index (χ4n) is 0.562. The quantitative estimate of drug-likeness (QED) is 0.379. The molecule has 0 amide bonds. The minimum Gasteiger partial charge on any atom is -0.479 e. The molecule has 0 aliphatic heterocycles. The Morgan fingerprint density at radius 1 is 1.42 bits per heavy atom. The predicted octanol–water partition coefficient (Wildman–Crippen LogP) is 0.776. The van der Waals surface area contributed by atoms with E-state index in [0.29, 0.717) is 13.2 Å². The summed E-state index contributed by atoms with van der Waals surface area (Å²) < 4.78 is 9.56. The van der Waals surface area contributed by atoms with Crippen molar-refractivity contribution in [1.29, 1.82) is 0 Å². The second-order valence-electron chi connectivity index (χ2n) is 2.15. The third-order valence-electron chi connectivity index (χ3n) is 1.02. The van der Waals surface area contributed by atoms with E-state index in [2.05, 4.69) is 4.74 Å². The maximum absolute atomic E-state index is 10.8.